The number of primary amides is 1. The van der Waals surface area contributed by atoms with Gasteiger partial charge in [0, 0.05) is 42.9 Å². The molecule has 0 aliphatic heterocycles. The van der Waals surface area contributed by atoms with Gasteiger partial charge in [-0.3, -0.25) is 19.0 Å². The number of nitrogens with zero attached hydrogens (tertiary/aromatic N) is 5. The second-order valence-corrected chi connectivity index (χ2v) is 10.2. The number of hydrogen-bond donors (Lipinski definition) is 2. The third-order valence-corrected chi connectivity index (χ3v) is 7.61. The number of thiophene rings is 1. The molecule has 14 heteroatoms. The zero-order valence-corrected chi connectivity index (χ0v) is 22.4. The first-order valence-electron chi connectivity index (χ1n) is 10.8. The van der Waals surface area contributed by atoms with Crippen LogP contribution in [0.25, 0.3) is 21.3 Å². The lowest BCUT2D eigenvalue weighted by Gasteiger charge is -2.12. The first-order valence-corrected chi connectivity index (χ1v) is 12.7. The molecule has 190 valence electrons. The molecule has 2 amide bonds. The number of pyridine rings is 1. The normalized spacial score (nSPS) is 11.9. The molecule has 0 aliphatic carbocycles. The summed E-state index contributed by atoms with van der Waals surface area (Å²) in [7, 11) is 0. The number of alkyl halides is 3. The number of rotatable bonds is 7. The zero-order chi connectivity index (χ0) is 26.4. The van der Waals surface area contributed by atoms with Crippen LogP contribution in [-0.2, 0) is 24.1 Å². The van der Waals surface area contributed by atoms with E-state index in [1.165, 1.54) is 0 Å². The summed E-state index contributed by atoms with van der Waals surface area (Å²) in [6.07, 6.45) is -1.29. The van der Waals surface area contributed by atoms with E-state index in [0.29, 0.717) is 29.1 Å². The monoisotopic (exact) mass is 631 g/mol. The number of nitrogens with one attached hydrogen (secondary N) is 1. The fourth-order valence-corrected chi connectivity index (χ4v) is 5.16. The Labute approximate surface area is 221 Å². The van der Waals surface area contributed by atoms with E-state index < -0.39 is 23.7 Å². The SMILES string of the molecule is CCn1cc(-c2cc(C(F)(F)F)nc3sc(C(N)=O)c(NC(=O)CCn4cc(I)c(C)n4)c23)c(C)n1. The van der Waals surface area contributed by atoms with Gasteiger partial charge in [-0.05, 0) is 55.0 Å². The number of carbonyl (C=O) groups excluding carboxylic acids is 2. The highest BCUT2D eigenvalue weighted by Crippen LogP contribution is 2.44. The standard InChI is InChI=1S/C22H21F3IN7O2S/c1-4-32-8-13(10(2)30-32)12-7-15(22(23,24)25)28-21-17(12)18(19(36-21)20(27)35)29-16(34)5-6-33-9-14(26)11(3)31-33/h7-9H,4-6H2,1-3H3,(H2,27,35)(H,29,34). The van der Waals surface area contributed by atoms with Crippen LogP contribution in [0.15, 0.2) is 18.5 Å². The Morgan fingerprint density at radius 3 is 2.39 bits per heavy atom. The first kappa shape index (κ1) is 26.1. The first-order chi connectivity index (χ1) is 16.9. The third-order valence-electron chi connectivity index (χ3n) is 5.46. The van der Waals surface area contributed by atoms with E-state index in [2.05, 4.69) is 43.1 Å². The van der Waals surface area contributed by atoms with E-state index in [1.54, 1.807) is 28.7 Å². The van der Waals surface area contributed by atoms with Gasteiger partial charge in [0.05, 0.1) is 20.6 Å². The molecule has 0 bridgehead atoms. The second-order valence-electron chi connectivity index (χ2n) is 8.01. The summed E-state index contributed by atoms with van der Waals surface area (Å²) in [4.78, 5) is 28.7. The number of fused-ring (bicyclic) bond motifs is 1. The molecule has 4 aromatic heterocycles. The maximum atomic E-state index is 13.7. The van der Waals surface area contributed by atoms with Gasteiger partial charge >= 0.3 is 6.18 Å². The lowest BCUT2D eigenvalue weighted by atomic mass is 10.0. The van der Waals surface area contributed by atoms with Crippen molar-refractivity contribution in [3.8, 4) is 11.1 Å². The summed E-state index contributed by atoms with van der Waals surface area (Å²) < 4.78 is 45.3. The van der Waals surface area contributed by atoms with Crippen LogP contribution >= 0.6 is 33.9 Å². The summed E-state index contributed by atoms with van der Waals surface area (Å²) >= 11 is 2.84. The smallest absolute Gasteiger partial charge is 0.365 e. The Morgan fingerprint density at radius 2 is 1.83 bits per heavy atom. The van der Waals surface area contributed by atoms with Crippen molar-refractivity contribution < 1.29 is 22.8 Å². The quantitative estimate of drug-likeness (QED) is 0.286. The van der Waals surface area contributed by atoms with E-state index in [4.69, 9.17) is 5.73 Å². The van der Waals surface area contributed by atoms with Crippen molar-refractivity contribution >= 4 is 61.6 Å². The molecule has 0 aromatic carbocycles. The average Bonchev–Trinajstić information content (AvgIpc) is 3.46. The van der Waals surface area contributed by atoms with Gasteiger partial charge in [-0.25, -0.2) is 4.98 Å². The predicted octanol–water partition coefficient (Wildman–Crippen LogP) is 4.74. The van der Waals surface area contributed by atoms with Crippen LogP contribution in [0, 0.1) is 17.4 Å². The summed E-state index contributed by atoms with van der Waals surface area (Å²) in [5.41, 5.74) is 6.37. The molecule has 0 radical (unpaired) electrons. The Hall–Kier alpha value is -3.01. The molecule has 9 nitrogen and oxygen atoms in total. The molecule has 4 rings (SSSR count). The second kappa shape index (κ2) is 9.80. The topological polar surface area (TPSA) is 121 Å². The molecule has 0 aliphatic rings. The van der Waals surface area contributed by atoms with Gasteiger partial charge in [-0.2, -0.15) is 23.4 Å². The molecule has 0 unspecified atom stereocenters. The van der Waals surface area contributed by atoms with Gasteiger partial charge in [-0.1, -0.05) is 0 Å². The van der Waals surface area contributed by atoms with Crippen LogP contribution in [0.2, 0.25) is 0 Å². The highest BCUT2D eigenvalue weighted by atomic mass is 127. The maximum absolute atomic E-state index is 13.7. The number of carbonyl (C=O) groups is 2. The minimum atomic E-state index is -4.72. The molecule has 36 heavy (non-hydrogen) atoms. The van der Waals surface area contributed by atoms with E-state index in [0.717, 1.165) is 15.3 Å². The Balaban J connectivity index is 1.83. The van der Waals surface area contributed by atoms with Crippen LogP contribution in [-0.4, -0.2) is 36.4 Å². The van der Waals surface area contributed by atoms with Crippen LogP contribution < -0.4 is 11.1 Å². The fourth-order valence-electron chi connectivity index (χ4n) is 3.72. The highest BCUT2D eigenvalue weighted by molar-refractivity contribution is 14.1. The summed E-state index contributed by atoms with van der Waals surface area (Å²) in [6, 6.07) is 0.911. The summed E-state index contributed by atoms with van der Waals surface area (Å²) in [5, 5.41) is 11.6. The van der Waals surface area contributed by atoms with Crippen molar-refractivity contribution in [2.45, 2.75) is 46.5 Å². The lowest BCUT2D eigenvalue weighted by Crippen LogP contribution is -2.18. The Morgan fingerprint density at radius 1 is 1.14 bits per heavy atom. The van der Waals surface area contributed by atoms with Crippen molar-refractivity contribution in [2.24, 2.45) is 5.73 Å². The van der Waals surface area contributed by atoms with Gasteiger partial charge < -0.3 is 11.1 Å². The van der Waals surface area contributed by atoms with Crippen LogP contribution in [0.5, 0.6) is 0 Å². The molecular formula is C22H21F3IN7O2S. The van der Waals surface area contributed by atoms with E-state index in [-0.39, 0.29) is 39.3 Å². The van der Waals surface area contributed by atoms with Crippen molar-refractivity contribution in [3.63, 3.8) is 0 Å². The molecule has 0 fully saturated rings. The highest BCUT2D eigenvalue weighted by Gasteiger charge is 2.35. The number of aryl methyl sites for hydroxylation is 4. The maximum Gasteiger partial charge on any atom is 0.433 e. The minimum Gasteiger partial charge on any atom is -0.365 e. The number of amides is 2. The van der Waals surface area contributed by atoms with Gasteiger partial charge in [0.15, 0.2) is 0 Å². The van der Waals surface area contributed by atoms with Gasteiger partial charge in [0.2, 0.25) is 5.91 Å². The van der Waals surface area contributed by atoms with E-state index in [1.807, 2.05) is 13.8 Å². The fraction of sp³-hybridized carbons (Fsp3) is 0.318. The summed E-state index contributed by atoms with van der Waals surface area (Å²) in [6.45, 7) is 6.15. The van der Waals surface area contributed by atoms with Crippen molar-refractivity contribution in [1.29, 1.82) is 0 Å². The van der Waals surface area contributed by atoms with Crippen molar-refractivity contribution in [1.82, 2.24) is 24.5 Å². The molecule has 0 saturated carbocycles. The third kappa shape index (κ3) is 5.09. The minimum absolute atomic E-state index is 0.0168. The number of nitrogens with two attached hydrogens (primary N) is 1. The molecule has 0 saturated heterocycles. The van der Waals surface area contributed by atoms with Crippen LogP contribution in [0.3, 0.4) is 0 Å². The molecule has 3 N–H and O–H groups in total. The number of aromatic nitrogens is 5. The zero-order valence-electron chi connectivity index (χ0n) is 19.4. The number of hydrogen-bond acceptors (Lipinski definition) is 6. The van der Waals surface area contributed by atoms with Gasteiger partial charge in [0.25, 0.3) is 5.91 Å². The van der Waals surface area contributed by atoms with E-state index in [9.17, 15) is 22.8 Å². The largest absolute Gasteiger partial charge is 0.433 e. The molecule has 0 spiro atoms. The van der Waals surface area contributed by atoms with Gasteiger partial charge in [0.1, 0.15) is 15.4 Å². The van der Waals surface area contributed by atoms with Crippen LogP contribution in [0.4, 0.5) is 18.9 Å². The van der Waals surface area contributed by atoms with Crippen molar-refractivity contribution in [3.05, 3.63) is 44.0 Å². The predicted molar refractivity (Wildman–Crippen MR) is 138 cm³/mol. The number of halogens is 4. The molecular weight excluding hydrogens is 610 g/mol. The van der Waals surface area contributed by atoms with Crippen molar-refractivity contribution in [2.75, 3.05) is 5.32 Å². The Kier molecular flexibility index (Phi) is 7.10. The average molecular weight is 631 g/mol. The lowest BCUT2D eigenvalue weighted by molar-refractivity contribution is -0.140. The summed E-state index contributed by atoms with van der Waals surface area (Å²) in [5.74, 6) is -1.33. The van der Waals surface area contributed by atoms with E-state index >= 15 is 0 Å². The molecule has 4 heterocycles. The number of anilines is 1. The van der Waals surface area contributed by atoms with Gasteiger partial charge in [-0.15, -0.1) is 11.3 Å². The van der Waals surface area contributed by atoms with Crippen LogP contribution in [0.1, 0.15) is 40.1 Å². The Bertz CT molecular complexity index is 1470. The molecule has 4 aromatic rings. The molecule has 0 atom stereocenters.